The maximum absolute atomic E-state index is 12.9. The summed E-state index contributed by atoms with van der Waals surface area (Å²) in [6.45, 7) is 4.26. The van der Waals surface area contributed by atoms with Crippen molar-refractivity contribution < 1.29 is 29.6 Å². The Bertz CT molecular complexity index is 2030. The number of ether oxygens (including phenoxy) is 2. The predicted octanol–water partition coefficient (Wildman–Crippen LogP) is 5.68. The number of piperidine rings is 3. The predicted molar refractivity (Wildman–Crippen MR) is 198 cm³/mol. The summed E-state index contributed by atoms with van der Waals surface area (Å²) in [5.41, 5.74) is 3.40. The van der Waals surface area contributed by atoms with E-state index in [0.717, 1.165) is 49.2 Å². The van der Waals surface area contributed by atoms with Gasteiger partial charge in [0.1, 0.15) is 30.5 Å². The lowest BCUT2D eigenvalue weighted by Gasteiger charge is -2.50. The molecule has 270 valence electrons. The third kappa shape index (κ3) is 7.91. The highest BCUT2D eigenvalue weighted by atomic mass is 16.5. The van der Waals surface area contributed by atoms with Crippen molar-refractivity contribution in [2.24, 2.45) is 5.92 Å². The molecule has 0 saturated carbocycles. The number of rotatable bonds is 14. The standard InChI is InChI=1S/C41H44N4O7/c46-36-15-13-33(34-14-16-38(48)43-39(34)36)37(47)25-42-24-27-9-11-31(12-10-27)51-21-22-52-32-8-4-7-30(23-32)40(29-5-2-1-3-6-29)45(41(49)50)35-26-44-19-17-28(35)18-20-44/h1-16,23,28,35,37,40,42,46-47H,17-22,24-26H2,(H,43,48)(H,49,50)/t35-,37+,40?/m0/s1. The van der Waals surface area contributed by atoms with E-state index in [4.69, 9.17) is 9.47 Å². The zero-order chi connectivity index (χ0) is 36.0. The van der Waals surface area contributed by atoms with Crippen LogP contribution in [-0.4, -0.2) is 81.6 Å². The lowest BCUT2D eigenvalue weighted by Crippen LogP contribution is -2.59. The molecule has 5 N–H and O–H groups in total. The molecule has 1 amide bonds. The highest BCUT2D eigenvalue weighted by Crippen LogP contribution is 2.39. The summed E-state index contributed by atoms with van der Waals surface area (Å²) in [7, 11) is 0. The number of aromatic hydroxyl groups is 1. The number of aliphatic hydroxyl groups is 1. The van der Waals surface area contributed by atoms with Gasteiger partial charge in [-0.1, -0.05) is 60.7 Å². The van der Waals surface area contributed by atoms with Gasteiger partial charge < -0.3 is 40.0 Å². The average molecular weight is 705 g/mol. The van der Waals surface area contributed by atoms with Crippen LogP contribution in [0.2, 0.25) is 0 Å². The number of H-pyrrole nitrogens is 1. The van der Waals surface area contributed by atoms with Crippen LogP contribution in [0.1, 0.15) is 47.2 Å². The first-order valence-electron chi connectivity index (χ1n) is 17.8. The van der Waals surface area contributed by atoms with E-state index in [-0.39, 0.29) is 23.9 Å². The fraction of sp³-hybridized carbons (Fsp3) is 0.317. The number of hydrogen-bond acceptors (Lipinski definition) is 8. The molecule has 3 aliphatic heterocycles. The van der Waals surface area contributed by atoms with Crippen molar-refractivity contribution in [2.45, 2.75) is 37.6 Å². The number of aromatic amines is 1. The Morgan fingerprint density at radius 3 is 2.33 bits per heavy atom. The number of carboxylic acid groups (broad SMARTS) is 1. The van der Waals surface area contributed by atoms with Crippen molar-refractivity contribution >= 4 is 17.0 Å². The van der Waals surface area contributed by atoms with Gasteiger partial charge in [0.15, 0.2) is 0 Å². The van der Waals surface area contributed by atoms with Gasteiger partial charge in [-0.2, -0.15) is 0 Å². The number of aliphatic hydroxyl groups excluding tert-OH is 1. The molecule has 1 unspecified atom stereocenters. The van der Waals surface area contributed by atoms with Crippen molar-refractivity contribution in [1.29, 1.82) is 0 Å². The molecule has 5 aromatic rings. The molecule has 11 heteroatoms. The molecule has 0 spiro atoms. The Hall–Kier alpha value is -5.36. The van der Waals surface area contributed by atoms with E-state index < -0.39 is 18.2 Å². The van der Waals surface area contributed by atoms with Crippen molar-refractivity contribution in [3.05, 3.63) is 136 Å². The molecule has 11 nitrogen and oxygen atoms in total. The first-order chi connectivity index (χ1) is 25.3. The fourth-order valence-electron chi connectivity index (χ4n) is 7.65. The van der Waals surface area contributed by atoms with Gasteiger partial charge in [-0.3, -0.25) is 9.69 Å². The fourth-order valence-corrected chi connectivity index (χ4v) is 7.65. The molecule has 52 heavy (non-hydrogen) atoms. The molecule has 1 aromatic heterocycles. The Balaban J connectivity index is 0.927. The Morgan fingerprint density at radius 2 is 1.62 bits per heavy atom. The second-order valence-corrected chi connectivity index (χ2v) is 13.6. The maximum Gasteiger partial charge on any atom is 0.408 e. The van der Waals surface area contributed by atoms with Gasteiger partial charge in [-0.25, -0.2) is 4.79 Å². The quantitative estimate of drug-likeness (QED) is 0.0922. The van der Waals surface area contributed by atoms with E-state index in [2.05, 4.69) is 15.2 Å². The molecule has 2 bridgehead atoms. The number of nitrogens with one attached hydrogen (secondary N) is 2. The van der Waals surface area contributed by atoms with Crippen LogP contribution in [0.3, 0.4) is 0 Å². The number of phenols is 1. The van der Waals surface area contributed by atoms with Gasteiger partial charge in [0.2, 0.25) is 5.56 Å². The number of fused-ring (bicyclic) bond motifs is 4. The van der Waals surface area contributed by atoms with Crippen molar-refractivity contribution in [1.82, 2.24) is 20.1 Å². The minimum absolute atomic E-state index is 0.0456. The second-order valence-electron chi connectivity index (χ2n) is 13.6. The highest BCUT2D eigenvalue weighted by molar-refractivity contribution is 5.87. The molecule has 4 aromatic carbocycles. The van der Waals surface area contributed by atoms with Gasteiger partial charge >= 0.3 is 6.09 Å². The topological polar surface area (TPSA) is 148 Å². The van der Waals surface area contributed by atoms with Crippen LogP contribution < -0.4 is 20.3 Å². The lowest BCUT2D eigenvalue weighted by molar-refractivity contribution is -0.000812. The number of aromatic nitrogens is 1. The Labute approximate surface area is 302 Å². The number of pyridine rings is 1. The number of amides is 1. The Kier molecular flexibility index (Phi) is 10.7. The molecular formula is C41H44N4O7. The first-order valence-corrected chi connectivity index (χ1v) is 17.8. The van der Waals surface area contributed by atoms with E-state index in [0.29, 0.717) is 53.6 Å². The van der Waals surface area contributed by atoms with Gasteiger partial charge in [-0.05, 0) is 90.5 Å². The molecule has 0 aliphatic carbocycles. The monoisotopic (exact) mass is 704 g/mol. The zero-order valence-corrected chi connectivity index (χ0v) is 28.9. The third-order valence-electron chi connectivity index (χ3n) is 10.2. The second kappa shape index (κ2) is 15.9. The van der Waals surface area contributed by atoms with Crippen LogP contribution in [0.25, 0.3) is 10.9 Å². The van der Waals surface area contributed by atoms with Crippen LogP contribution in [-0.2, 0) is 6.54 Å². The summed E-state index contributed by atoms with van der Waals surface area (Å²) in [5, 5.41) is 35.4. The third-order valence-corrected chi connectivity index (χ3v) is 10.2. The van der Waals surface area contributed by atoms with Crippen LogP contribution in [0.5, 0.6) is 17.2 Å². The van der Waals surface area contributed by atoms with Crippen LogP contribution >= 0.6 is 0 Å². The van der Waals surface area contributed by atoms with E-state index in [1.807, 2.05) is 78.9 Å². The number of benzene rings is 4. The van der Waals surface area contributed by atoms with Gasteiger partial charge in [0.05, 0.1) is 23.7 Å². The first kappa shape index (κ1) is 35.1. The summed E-state index contributed by atoms with van der Waals surface area (Å²) >= 11 is 0. The van der Waals surface area contributed by atoms with E-state index >= 15 is 0 Å². The summed E-state index contributed by atoms with van der Waals surface area (Å²) in [6.07, 6.45) is 0.291. The van der Waals surface area contributed by atoms with E-state index in [1.54, 1.807) is 17.0 Å². The minimum atomic E-state index is -0.908. The summed E-state index contributed by atoms with van der Waals surface area (Å²) in [6, 6.07) is 30.8. The summed E-state index contributed by atoms with van der Waals surface area (Å²) < 4.78 is 12.0. The SMILES string of the molecule is O=C(O)N(C(c1ccccc1)c1cccc(OCCOc2ccc(CNC[C@@H](O)c3ccc(O)c4[nH]c(=O)ccc34)cc2)c1)[C@H]1CN2CCC1CC2. The molecular weight excluding hydrogens is 660 g/mol. The molecule has 8 rings (SSSR count). The van der Waals surface area contributed by atoms with E-state index in [9.17, 15) is 24.9 Å². The molecule has 3 fully saturated rings. The normalized spacial score (nSPS) is 19.2. The van der Waals surface area contributed by atoms with Crippen molar-refractivity contribution in [3.8, 4) is 17.2 Å². The van der Waals surface area contributed by atoms with Crippen molar-refractivity contribution in [3.63, 3.8) is 0 Å². The molecule has 3 saturated heterocycles. The maximum atomic E-state index is 12.9. The average Bonchev–Trinajstić information content (AvgIpc) is 3.17. The number of phenolic OH excluding ortho intramolecular Hbond substituents is 1. The van der Waals surface area contributed by atoms with Gasteiger partial charge in [0.25, 0.3) is 0 Å². The smallest absolute Gasteiger partial charge is 0.408 e. The zero-order valence-electron chi connectivity index (χ0n) is 28.9. The number of hydrogen-bond donors (Lipinski definition) is 5. The molecule has 3 atom stereocenters. The Morgan fingerprint density at radius 1 is 0.885 bits per heavy atom. The molecule has 3 aliphatic rings. The van der Waals surface area contributed by atoms with E-state index in [1.165, 1.54) is 12.1 Å². The number of nitrogens with zero attached hydrogens (tertiary/aromatic N) is 2. The van der Waals surface area contributed by atoms with Crippen molar-refractivity contribution in [2.75, 3.05) is 39.4 Å². The molecule has 4 heterocycles. The van der Waals surface area contributed by atoms with Gasteiger partial charge in [0, 0.05) is 31.1 Å². The molecule has 0 radical (unpaired) electrons. The minimum Gasteiger partial charge on any atom is -0.506 e. The summed E-state index contributed by atoms with van der Waals surface area (Å²) in [4.78, 5) is 31.3. The summed E-state index contributed by atoms with van der Waals surface area (Å²) in [5.74, 6) is 1.66. The van der Waals surface area contributed by atoms with Gasteiger partial charge in [-0.15, -0.1) is 0 Å². The lowest BCUT2D eigenvalue weighted by atomic mass is 9.81. The highest BCUT2D eigenvalue weighted by Gasteiger charge is 2.43. The largest absolute Gasteiger partial charge is 0.506 e. The number of carbonyl (C=O) groups is 1. The van der Waals surface area contributed by atoms with Crippen LogP contribution in [0, 0.1) is 5.92 Å². The van der Waals surface area contributed by atoms with Crippen LogP contribution in [0.15, 0.2) is 108 Å². The van der Waals surface area contributed by atoms with Crippen LogP contribution in [0.4, 0.5) is 4.79 Å².